The van der Waals surface area contributed by atoms with Crippen LogP contribution < -0.4 is 10.6 Å². The number of amides is 2. The average molecular weight is 349 g/mol. The Morgan fingerprint density at radius 1 is 1.08 bits per heavy atom. The van der Waals surface area contributed by atoms with Crippen LogP contribution in [0.3, 0.4) is 0 Å². The Labute approximate surface area is 150 Å². The minimum atomic E-state index is -0.224. The Balaban J connectivity index is 1.42. The highest BCUT2D eigenvalue weighted by molar-refractivity contribution is 6.05. The summed E-state index contributed by atoms with van der Waals surface area (Å²) in [6.45, 7) is 3.85. The number of aryl methyl sites for hydroxylation is 1. The largest absolute Gasteiger partial charge is 0.441 e. The van der Waals surface area contributed by atoms with Gasteiger partial charge in [0.25, 0.3) is 5.91 Å². The van der Waals surface area contributed by atoms with Gasteiger partial charge in [-0.2, -0.15) is 0 Å². The molecule has 0 aliphatic heterocycles. The second-order valence-corrected chi connectivity index (χ2v) is 6.76. The smallest absolute Gasteiger partial charge is 0.255 e. The van der Waals surface area contributed by atoms with Crippen LogP contribution in [0.5, 0.6) is 0 Å². The lowest BCUT2D eigenvalue weighted by Gasteiger charge is -2.07. The number of benzene rings is 2. The summed E-state index contributed by atoms with van der Waals surface area (Å²) >= 11 is 0. The van der Waals surface area contributed by atoms with Crippen LogP contribution in [0.15, 0.2) is 46.9 Å². The Morgan fingerprint density at radius 2 is 1.77 bits per heavy atom. The van der Waals surface area contributed by atoms with Gasteiger partial charge in [0.05, 0.1) is 0 Å². The van der Waals surface area contributed by atoms with E-state index in [1.54, 1.807) is 49.4 Å². The molecule has 0 spiro atoms. The zero-order valence-corrected chi connectivity index (χ0v) is 14.6. The third-order valence-corrected chi connectivity index (χ3v) is 4.61. The molecule has 2 aromatic carbocycles. The van der Waals surface area contributed by atoms with Crippen LogP contribution in [0, 0.1) is 18.8 Å². The fraction of sp³-hybridized carbons (Fsp3) is 0.250. The van der Waals surface area contributed by atoms with Gasteiger partial charge in [-0.3, -0.25) is 9.59 Å². The Bertz CT molecular complexity index is 991. The van der Waals surface area contributed by atoms with E-state index in [0.717, 1.165) is 6.42 Å². The van der Waals surface area contributed by atoms with Crippen molar-refractivity contribution in [2.75, 3.05) is 10.6 Å². The predicted octanol–water partition coefficient (Wildman–Crippen LogP) is 3.98. The van der Waals surface area contributed by atoms with Crippen molar-refractivity contribution in [2.24, 2.45) is 11.8 Å². The van der Waals surface area contributed by atoms with E-state index in [1.807, 2.05) is 0 Å². The summed E-state index contributed by atoms with van der Waals surface area (Å²) < 4.78 is 5.43. The number of oxazole rings is 1. The molecule has 6 heteroatoms. The summed E-state index contributed by atoms with van der Waals surface area (Å²) in [6.07, 6.45) is 0.946. The fourth-order valence-electron chi connectivity index (χ4n) is 2.95. The van der Waals surface area contributed by atoms with Gasteiger partial charge in [0, 0.05) is 29.8 Å². The van der Waals surface area contributed by atoms with Crippen LogP contribution in [0.1, 0.15) is 29.6 Å². The van der Waals surface area contributed by atoms with Gasteiger partial charge in [0.2, 0.25) is 5.91 Å². The quantitative estimate of drug-likeness (QED) is 0.746. The van der Waals surface area contributed by atoms with Crippen molar-refractivity contribution < 1.29 is 14.0 Å². The molecule has 0 bridgehead atoms. The van der Waals surface area contributed by atoms with Crippen molar-refractivity contribution >= 4 is 34.3 Å². The zero-order valence-electron chi connectivity index (χ0n) is 14.6. The molecule has 2 amide bonds. The first-order valence-electron chi connectivity index (χ1n) is 8.59. The van der Waals surface area contributed by atoms with Gasteiger partial charge in [-0.05, 0) is 54.8 Å². The van der Waals surface area contributed by atoms with E-state index in [1.165, 1.54) is 0 Å². The van der Waals surface area contributed by atoms with E-state index in [9.17, 15) is 9.59 Å². The number of carbonyl (C=O) groups is 2. The lowest BCUT2D eigenvalue weighted by molar-refractivity contribution is -0.117. The van der Waals surface area contributed by atoms with Crippen molar-refractivity contribution in [2.45, 2.75) is 20.3 Å². The minimum absolute atomic E-state index is 0.0471. The third kappa shape index (κ3) is 3.31. The van der Waals surface area contributed by atoms with Crippen LogP contribution in [-0.4, -0.2) is 16.8 Å². The number of rotatable bonds is 4. The van der Waals surface area contributed by atoms with Gasteiger partial charge in [-0.25, -0.2) is 4.98 Å². The van der Waals surface area contributed by atoms with E-state index in [-0.39, 0.29) is 17.7 Å². The molecule has 132 valence electrons. The fourth-order valence-corrected chi connectivity index (χ4v) is 2.95. The predicted molar refractivity (Wildman–Crippen MR) is 99.0 cm³/mol. The molecule has 6 nitrogen and oxygen atoms in total. The van der Waals surface area contributed by atoms with Gasteiger partial charge in [-0.1, -0.05) is 6.92 Å². The van der Waals surface area contributed by atoms with Crippen molar-refractivity contribution in [1.82, 2.24) is 4.98 Å². The maximum Gasteiger partial charge on any atom is 0.255 e. The molecule has 4 rings (SSSR count). The first kappa shape index (κ1) is 16.3. The number of anilines is 2. The molecule has 1 saturated carbocycles. The molecule has 2 N–H and O–H groups in total. The van der Waals surface area contributed by atoms with Crippen molar-refractivity contribution in [3.63, 3.8) is 0 Å². The van der Waals surface area contributed by atoms with Gasteiger partial charge in [0.1, 0.15) is 5.52 Å². The zero-order chi connectivity index (χ0) is 18.3. The number of hydrogen-bond acceptors (Lipinski definition) is 4. The molecule has 1 aliphatic rings. The number of carbonyl (C=O) groups excluding carboxylic acids is 2. The molecule has 0 radical (unpaired) electrons. The molecule has 26 heavy (non-hydrogen) atoms. The number of fused-ring (bicyclic) bond motifs is 1. The molecular formula is C20H19N3O3. The second-order valence-electron chi connectivity index (χ2n) is 6.76. The Morgan fingerprint density at radius 3 is 2.46 bits per heavy atom. The highest BCUT2D eigenvalue weighted by Gasteiger charge is 2.39. The van der Waals surface area contributed by atoms with Crippen LogP contribution in [0.25, 0.3) is 11.1 Å². The SMILES string of the molecule is Cc1nc2cc(NC(=O)c3ccc(NC(=O)[C@@H]4C[C@@H]4C)cc3)ccc2o1. The number of nitrogens with one attached hydrogen (secondary N) is 2. The summed E-state index contributed by atoms with van der Waals surface area (Å²) in [5, 5.41) is 5.73. The van der Waals surface area contributed by atoms with E-state index in [4.69, 9.17) is 4.42 Å². The first-order chi connectivity index (χ1) is 12.5. The summed E-state index contributed by atoms with van der Waals surface area (Å²) in [4.78, 5) is 28.6. The Hall–Kier alpha value is -3.15. The molecule has 1 fully saturated rings. The Kier molecular flexibility index (Phi) is 3.95. The summed E-state index contributed by atoms with van der Waals surface area (Å²) in [5.41, 5.74) is 3.25. The standard InChI is InChI=1S/C20H19N3O3/c1-11-9-16(11)20(25)22-14-5-3-13(4-6-14)19(24)23-15-7-8-18-17(10-15)21-12(2)26-18/h3-8,10-11,16H,9H2,1-2H3,(H,22,25)(H,23,24)/t11-,16+/m0/s1. The summed E-state index contributed by atoms with van der Waals surface area (Å²) in [5.74, 6) is 0.991. The maximum absolute atomic E-state index is 12.4. The highest BCUT2D eigenvalue weighted by atomic mass is 16.3. The van der Waals surface area contributed by atoms with Crippen molar-refractivity contribution in [3.05, 3.63) is 53.9 Å². The van der Waals surface area contributed by atoms with E-state index in [2.05, 4.69) is 22.5 Å². The minimum Gasteiger partial charge on any atom is -0.441 e. The molecule has 1 heterocycles. The first-order valence-corrected chi connectivity index (χ1v) is 8.59. The molecule has 0 saturated heterocycles. The molecule has 0 unspecified atom stereocenters. The van der Waals surface area contributed by atoms with Crippen LogP contribution in [0.2, 0.25) is 0 Å². The third-order valence-electron chi connectivity index (χ3n) is 4.61. The van der Waals surface area contributed by atoms with Crippen molar-refractivity contribution in [1.29, 1.82) is 0 Å². The monoisotopic (exact) mass is 349 g/mol. The normalized spacial score (nSPS) is 18.5. The van der Waals surface area contributed by atoms with E-state index < -0.39 is 0 Å². The second kappa shape index (κ2) is 6.29. The molecule has 3 aromatic rings. The maximum atomic E-state index is 12.4. The van der Waals surface area contributed by atoms with Crippen LogP contribution in [0.4, 0.5) is 11.4 Å². The number of nitrogens with zero attached hydrogens (tertiary/aromatic N) is 1. The molecular weight excluding hydrogens is 330 g/mol. The van der Waals surface area contributed by atoms with Crippen LogP contribution >= 0.6 is 0 Å². The summed E-state index contributed by atoms with van der Waals surface area (Å²) in [6, 6.07) is 12.2. The number of hydrogen-bond donors (Lipinski definition) is 2. The van der Waals surface area contributed by atoms with E-state index >= 15 is 0 Å². The summed E-state index contributed by atoms with van der Waals surface area (Å²) in [7, 11) is 0. The molecule has 2 atom stereocenters. The topological polar surface area (TPSA) is 84.2 Å². The lowest BCUT2D eigenvalue weighted by atomic mass is 10.1. The van der Waals surface area contributed by atoms with Gasteiger partial charge >= 0.3 is 0 Å². The average Bonchev–Trinajstić information content (AvgIpc) is 3.23. The van der Waals surface area contributed by atoms with Gasteiger partial charge < -0.3 is 15.1 Å². The molecule has 1 aromatic heterocycles. The highest BCUT2D eigenvalue weighted by Crippen LogP contribution is 2.38. The number of aromatic nitrogens is 1. The van der Waals surface area contributed by atoms with Gasteiger partial charge in [-0.15, -0.1) is 0 Å². The molecule has 1 aliphatic carbocycles. The van der Waals surface area contributed by atoms with Crippen molar-refractivity contribution in [3.8, 4) is 0 Å². The van der Waals surface area contributed by atoms with E-state index in [0.29, 0.717) is 39.8 Å². The van der Waals surface area contributed by atoms with Crippen LogP contribution in [-0.2, 0) is 4.79 Å². The van der Waals surface area contributed by atoms with Gasteiger partial charge in [0.15, 0.2) is 11.5 Å². The lowest BCUT2D eigenvalue weighted by Crippen LogP contribution is -2.15.